The fourth-order valence-electron chi connectivity index (χ4n) is 12.3. The van der Waals surface area contributed by atoms with Crippen molar-refractivity contribution in [3.63, 3.8) is 0 Å². The average Bonchev–Trinajstić information content (AvgIpc) is 1.69. The standard InChI is InChI=1S/C71H80Cl4N8O6/c1-9-88-58-44-50(70(3,4)5)24-34-56(58)66-76-62(46-16-26-52(72)27-17-46)64(48-20-30-54(74)31-21-48)82(66)68(86)80-40-36-78(37-41-80)60(84)14-12-11-13-15-61(85)79-38-42-81(43-39-79)69(87)83-65(49-22-32-55(75)33-23-49)63(47-18-28-53(73)29-19-47)77-67(83)57-35-25-51(71(6,7)8)45-59(57)89-10-2/h16-35,44-45,62-65H,9-15,36-43H2,1-8H3. The van der Waals surface area contributed by atoms with E-state index in [4.69, 9.17) is 65.9 Å². The molecular weight excluding hydrogens is 1200 g/mol. The van der Waals surface area contributed by atoms with E-state index in [1.54, 1.807) is 9.80 Å². The number of hydrogen-bond acceptors (Lipinski definition) is 8. The number of benzene rings is 6. The summed E-state index contributed by atoms with van der Waals surface area (Å²) >= 11 is 25.7. The third-order valence-corrected chi connectivity index (χ3v) is 18.3. The number of rotatable bonds is 16. The predicted octanol–water partition coefficient (Wildman–Crippen LogP) is 16.0. The van der Waals surface area contributed by atoms with Crippen LogP contribution in [0.4, 0.5) is 9.59 Å². The highest BCUT2D eigenvalue weighted by Gasteiger charge is 2.47. The van der Waals surface area contributed by atoms with Crippen LogP contribution >= 0.6 is 46.4 Å². The number of amides is 6. The summed E-state index contributed by atoms with van der Waals surface area (Å²) in [6.07, 6.45) is 2.62. The average molecular weight is 1280 g/mol. The SMILES string of the molecule is CCOc1cc(C(C)(C)C)ccc1C1=NC(c2ccc(Cl)cc2)C(c2ccc(Cl)cc2)N1C(=O)N1CCN(C(=O)CCCCCC(=O)N2CCN(C(=O)N3C(c4ccc(C(C)(C)C)cc4OCC)=NC(c4ccc(Cl)cc4)C3c3ccc(Cl)cc3)CC2)CC1. The molecule has 0 radical (unpaired) electrons. The molecule has 0 bridgehead atoms. The number of halogens is 4. The zero-order valence-electron chi connectivity index (χ0n) is 52.2. The Morgan fingerprint density at radius 1 is 0.427 bits per heavy atom. The molecule has 4 heterocycles. The summed E-state index contributed by atoms with van der Waals surface area (Å²) < 4.78 is 12.7. The second-order valence-corrected chi connectivity index (χ2v) is 27.0. The maximum absolute atomic E-state index is 15.3. The number of ether oxygens (including phenoxy) is 2. The van der Waals surface area contributed by atoms with Gasteiger partial charge < -0.3 is 29.1 Å². The minimum absolute atomic E-state index is 0.0230. The minimum Gasteiger partial charge on any atom is -0.493 e. The summed E-state index contributed by atoms with van der Waals surface area (Å²) in [5, 5.41) is 2.35. The Bertz CT molecular complexity index is 3340. The molecule has 0 aliphatic carbocycles. The van der Waals surface area contributed by atoms with Crippen LogP contribution in [0.25, 0.3) is 0 Å². The number of carbonyl (C=O) groups is 4. The van der Waals surface area contributed by atoms with Gasteiger partial charge in [-0.15, -0.1) is 0 Å². The zero-order chi connectivity index (χ0) is 63.3. The van der Waals surface area contributed by atoms with Gasteiger partial charge in [0.05, 0.1) is 36.4 Å². The molecule has 6 aromatic carbocycles. The first-order valence-electron chi connectivity index (χ1n) is 31.1. The molecule has 18 heteroatoms. The molecule has 6 amide bonds. The molecule has 2 fully saturated rings. The van der Waals surface area contributed by atoms with Crippen LogP contribution in [0.2, 0.25) is 20.1 Å². The second-order valence-electron chi connectivity index (χ2n) is 25.3. The lowest BCUT2D eigenvalue weighted by atomic mass is 9.86. The van der Waals surface area contributed by atoms with E-state index in [-0.39, 0.29) is 34.7 Å². The predicted molar refractivity (Wildman–Crippen MR) is 356 cm³/mol. The van der Waals surface area contributed by atoms with Gasteiger partial charge in [0.2, 0.25) is 11.8 Å². The van der Waals surface area contributed by atoms with Crippen molar-refractivity contribution in [2.45, 2.75) is 122 Å². The number of nitrogens with zero attached hydrogens (tertiary/aromatic N) is 8. The smallest absolute Gasteiger partial charge is 0.326 e. The molecule has 4 aliphatic rings. The van der Waals surface area contributed by atoms with E-state index in [2.05, 4.69) is 65.8 Å². The molecule has 0 N–H and O–H groups in total. The van der Waals surface area contributed by atoms with E-state index in [1.165, 1.54) is 0 Å². The molecule has 0 saturated carbocycles. The first-order valence-corrected chi connectivity index (χ1v) is 32.6. The van der Waals surface area contributed by atoms with Crippen molar-refractivity contribution in [1.82, 2.24) is 29.4 Å². The Hall–Kier alpha value is -7.10. The van der Waals surface area contributed by atoms with Crippen LogP contribution in [-0.2, 0) is 20.4 Å². The molecule has 10 rings (SSSR count). The summed E-state index contributed by atoms with van der Waals surface area (Å²) in [6.45, 7) is 20.5. The highest BCUT2D eigenvalue weighted by Crippen LogP contribution is 2.48. The van der Waals surface area contributed by atoms with Crippen molar-refractivity contribution in [2.75, 3.05) is 65.6 Å². The maximum atomic E-state index is 15.3. The maximum Gasteiger partial charge on any atom is 0.326 e. The quantitative estimate of drug-likeness (QED) is 0.0887. The van der Waals surface area contributed by atoms with Crippen LogP contribution in [0, 0.1) is 0 Å². The van der Waals surface area contributed by atoms with Gasteiger partial charge in [0.15, 0.2) is 0 Å². The molecule has 89 heavy (non-hydrogen) atoms. The second kappa shape index (κ2) is 28.0. The number of amidine groups is 2. The van der Waals surface area contributed by atoms with Crippen LogP contribution in [-0.4, -0.2) is 131 Å². The Morgan fingerprint density at radius 2 is 0.730 bits per heavy atom. The Kier molecular flexibility index (Phi) is 20.4. The number of urea groups is 2. The molecule has 468 valence electrons. The normalized spacial score (nSPS) is 18.9. The number of aliphatic imine (C=N–C) groups is 2. The first kappa shape index (κ1) is 64.9. The molecule has 6 aromatic rings. The van der Waals surface area contributed by atoms with Crippen molar-refractivity contribution in [2.24, 2.45) is 9.98 Å². The summed E-state index contributed by atoms with van der Waals surface area (Å²) in [4.78, 5) is 80.0. The van der Waals surface area contributed by atoms with Gasteiger partial charge >= 0.3 is 12.1 Å². The van der Waals surface area contributed by atoms with Gasteiger partial charge in [0.25, 0.3) is 0 Å². The number of hydrogen-bond donors (Lipinski definition) is 0. The van der Waals surface area contributed by atoms with Gasteiger partial charge in [-0.05, 0) is 144 Å². The molecule has 4 aliphatic heterocycles. The van der Waals surface area contributed by atoms with Crippen molar-refractivity contribution >= 4 is 82.0 Å². The van der Waals surface area contributed by atoms with Gasteiger partial charge in [-0.2, -0.15) is 0 Å². The lowest BCUT2D eigenvalue weighted by molar-refractivity contribution is -0.133. The van der Waals surface area contributed by atoms with Gasteiger partial charge in [-0.25, -0.2) is 9.59 Å². The van der Waals surface area contributed by atoms with E-state index >= 15 is 9.59 Å². The summed E-state index contributed by atoms with van der Waals surface area (Å²) in [7, 11) is 0. The van der Waals surface area contributed by atoms with Crippen molar-refractivity contribution in [3.05, 3.63) is 198 Å². The van der Waals surface area contributed by atoms with Gasteiger partial charge in [-0.1, -0.05) is 155 Å². The number of piperazine rings is 2. The lowest BCUT2D eigenvalue weighted by Crippen LogP contribution is -2.55. The van der Waals surface area contributed by atoms with Crippen LogP contribution in [0.1, 0.15) is 156 Å². The Balaban J connectivity index is 0.764. The van der Waals surface area contributed by atoms with Gasteiger partial charge in [-0.3, -0.25) is 29.4 Å². The third-order valence-electron chi connectivity index (χ3n) is 17.3. The first-order chi connectivity index (χ1) is 42.6. The van der Waals surface area contributed by atoms with Crippen LogP contribution in [0.5, 0.6) is 11.5 Å². The lowest BCUT2D eigenvalue weighted by Gasteiger charge is -2.39. The fourth-order valence-corrected chi connectivity index (χ4v) is 12.8. The third kappa shape index (κ3) is 14.7. The fraction of sp³-hybridized carbons (Fsp3) is 0.408. The van der Waals surface area contributed by atoms with E-state index in [0.717, 1.165) is 33.4 Å². The van der Waals surface area contributed by atoms with E-state index < -0.39 is 24.2 Å². The summed E-state index contributed by atoms with van der Waals surface area (Å²) in [5.41, 5.74) is 6.81. The van der Waals surface area contributed by atoms with Gasteiger partial charge in [0, 0.05) is 85.3 Å². The molecule has 4 unspecified atom stereocenters. The highest BCUT2D eigenvalue weighted by atomic mass is 35.5. The molecular formula is C71H80Cl4N8O6. The van der Waals surface area contributed by atoms with Gasteiger partial charge in [0.1, 0.15) is 35.3 Å². The summed E-state index contributed by atoms with van der Waals surface area (Å²) in [6, 6.07) is 40.1. The minimum atomic E-state index is -0.542. The van der Waals surface area contributed by atoms with E-state index in [0.29, 0.717) is 152 Å². The van der Waals surface area contributed by atoms with Crippen molar-refractivity contribution in [1.29, 1.82) is 0 Å². The summed E-state index contributed by atoms with van der Waals surface area (Å²) in [5.74, 6) is 2.33. The number of carbonyl (C=O) groups excluding carboxylic acids is 4. The van der Waals surface area contributed by atoms with E-state index in [9.17, 15) is 9.59 Å². The molecule has 2 saturated heterocycles. The molecule has 14 nitrogen and oxygen atoms in total. The highest BCUT2D eigenvalue weighted by molar-refractivity contribution is 6.31. The number of unbranched alkanes of at least 4 members (excludes halogenated alkanes) is 2. The van der Waals surface area contributed by atoms with Crippen LogP contribution in [0.15, 0.2) is 143 Å². The van der Waals surface area contributed by atoms with Crippen molar-refractivity contribution < 1.29 is 28.7 Å². The topological polar surface area (TPSA) is 131 Å². The Labute approximate surface area is 544 Å². The van der Waals surface area contributed by atoms with Crippen molar-refractivity contribution in [3.8, 4) is 11.5 Å². The van der Waals surface area contributed by atoms with Crippen LogP contribution in [0.3, 0.4) is 0 Å². The molecule has 0 aromatic heterocycles. The molecule has 4 atom stereocenters. The monoisotopic (exact) mass is 1280 g/mol. The largest absolute Gasteiger partial charge is 0.493 e. The molecule has 0 spiro atoms. The Morgan fingerprint density at radius 3 is 1.03 bits per heavy atom. The zero-order valence-corrected chi connectivity index (χ0v) is 55.2. The van der Waals surface area contributed by atoms with Crippen LogP contribution < -0.4 is 9.47 Å². The van der Waals surface area contributed by atoms with E-state index in [1.807, 2.05) is 143 Å².